The van der Waals surface area contributed by atoms with Gasteiger partial charge < -0.3 is 5.11 Å². The van der Waals surface area contributed by atoms with Crippen molar-refractivity contribution in [2.45, 2.75) is 13.8 Å². The molecule has 0 saturated carbocycles. The van der Waals surface area contributed by atoms with Crippen molar-refractivity contribution in [1.29, 1.82) is 0 Å². The first kappa shape index (κ1) is 13.8. The molecule has 0 fully saturated rings. The molecule has 106 valence electrons. The van der Waals surface area contributed by atoms with Gasteiger partial charge in [-0.05, 0) is 55.3 Å². The van der Waals surface area contributed by atoms with Gasteiger partial charge in [-0.25, -0.2) is 9.48 Å². The molecule has 0 aliphatic heterocycles. The van der Waals surface area contributed by atoms with Gasteiger partial charge in [-0.3, -0.25) is 0 Å². The number of carboxylic acid groups (broad SMARTS) is 1. The van der Waals surface area contributed by atoms with Gasteiger partial charge in [0.05, 0.1) is 16.8 Å². The molecule has 0 unspecified atom stereocenters. The maximum Gasteiger partial charge on any atom is 0.335 e. The van der Waals surface area contributed by atoms with Crippen molar-refractivity contribution in [2.24, 2.45) is 0 Å². The van der Waals surface area contributed by atoms with Gasteiger partial charge >= 0.3 is 5.97 Å². The van der Waals surface area contributed by atoms with Gasteiger partial charge in [0.25, 0.3) is 0 Å². The summed E-state index contributed by atoms with van der Waals surface area (Å²) in [6.07, 6.45) is 0. The Morgan fingerprint density at radius 3 is 2.48 bits per heavy atom. The number of rotatable bonds is 2. The maximum atomic E-state index is 11.0. The largest absolute Gasteiger partial charge is 0.478 e. The molecular formula is C15H12BrN3O2. The highest BCUT2D eigenvalue weighted by molar-refractivity contribution is 9.10. The van der Waals surface area contributed by atoms with Crippen molar-refractivity contribution >= 4 is 32.9 Å². The molecule has 6 heteroatoms. The van der Waals surface area contributed by atoms with Crippen LogP contribution in [0.2, 0.25) is 0 Å². The molecule has 3 rings (SSSR count). The number of hydrogen-bond acceptors (Lipinski definition) is 3. The Balaban J connectivity index is 2.20. The Morgan fingerprint density at radius 1 is 1.19 bits per heavy atom. The highest BCUT2D eigenvalue weighted by Crippen LogP contribution is 2.26. The van der Waals surface area contributed by atoms with Crippen molar-refractivity contribution in [2.75, 3.05) is 0 Å². The first-order chi connectivity index (χ1) is 9.97. The molecule has 0 atom stereocenters. The van der Waals surface area contributed by atoms with Crippen LogP contribution in [0.25, 0.3) is 16.7 Å². The Kier molecular flexibility index (Phi) is 3.25. The third kappa shape index (κ3) is 2.31. The van der Waals surface area contributed by atoms with Crippen LogP contribution in [-0.2, 0) is 0 Å². The summed E-state index contributed by atoms with van der Waals surface area (Å²) < 4.78 is 2.79. The van der Waals surface area contributed by atoms with E-state index in [0.29, 0.717) is 5.52 Å². The molecule has 1 N–H and O–H groups in total. The van der Waals surface area contributed by atoms with Crippen LogP contribution in [0.3, 0.4) is 0 Å². The van der Waals surface area contributed by atoms with E-state index in [-0.39, 0.29) is 5.56 Å². The van der Waals surface area contributed by atoms with Gasteiger partial charge in [0, 0.05) is 4.47 Å². The lowest BCUT2D eigenvalue weighted by atomic mass is 10.1. The minimum absolute atomic E-state index is 0.206. The Hall–Kier alpha value is -2.21. The molecular weight excluding hydrogens is 334 g/mol. The van der Waals surface area contributed by atoms with Gasteiger partial charge in [-0.15, -0.1) is 5.10 Å². The van der Waals surface area contributed by atoms with Crippen LogP contribution in [0.1, 0.15) is 21.5 Å². The zero-order chi connectivity index (χ0) is 15.1. The van der Waals surface area contributed by atoms with E-state index in [1.807, 2.05) is 26.0 Å². The second-order valence-corrected chi connectivity index (χ2v) is 5.70. The second-order valence-electron chi connectivity index (χ2n) is 4.90. The summed E-state index contributed by atoms with van der Waals surface area (Å²) in [5, 5.41) is 17.2. The van der Waals surface area contributed by atoms with E-state index in [2.05, 4.69) is 26.2 Å². The highest BCUT2D eigenvalue weighted by atomic mass is 79.9. The number of aryl methyl sites for hydroxylation is 2. The fourth-order valence-electron chi connectivity index (χ4n) is 2.29. The SMILES string of the molecule is Cc1cc(-n2nnc3cc(C(=O)O)ccc32)cc(C)c1Br. The standard InChI is InChI=1S/C15H12BrN3O2/c1-8-5-11(6-9(2)14(8)16)19-13-4-3-10(15(20)21)7-12(13)17-18-19/h3-7H,1-2H3,(H,20,21). The second kappa shape index (κ2) is 4.96. The Morgan fingerprint density at radius 2 is 1.86 bits per heavy atom. The van der Waals surface area contributed by atoms with Crippen LogP contribution in [0.4, 0.5) is 0 Å². The molecule has 0 saturated heterocycles. The fourth-order valence-corrected chi connectivity index (χ4v) is 2.52. The molecule has 0 amide bonds. The molecule has 3 aromatic rings. The number of halogens is 1. The van der Waals surface area contributed by atoms with Crippen LogP contribution in [0.15, 0.2) is 34.8 Å². The summed E-state index contributed by atoms with van der Waals surface area (Å²) in [4.78, 5) is 11.0. The number of carboxylic acids is 1. The van der Waals surface area contributed by atoms with Crippen molar-refractivity contribution in [3.8, 4) is 5.69 Å². The molecule has 1 heterocycles. The number of hydrogen-bond donors (Lipinski definition) is 1. The number of nitrogens with zero attached hydrogens (tertiary/aromatic N) is 3. The molecule has 2 aromatic carbocycles. The summed E-state index contributed by atoms with van der Waals surface area (Å²) in [6.45, 7) is 4.03. The molecule has 0 spiro atoms. The number of aromatic nitrogens is 3. The molecule has 0 aliphatic rings. The predicted octanol–water partition coefficient (Wildman–Crippen LogP) is 3.50. The lowest BCUT2D eigenvalue weighted by Crippen LogP contribution is -1.99. The zero-order valence-electron chi connectivity index (χ0n) is 11.5. The summed E-state index contributed by atoms with van der Waals surface area (Å²) in [5.74, 6) is -0.971. The third-order valence-electron chi connectivity index (χ3n) is 3.36. The van der Waals surface area contributed by atoms with E-state index in [0.717, 1.165) is 26.8 Å². The molecule has 0 bridgehead atoms. The fraction of sp³-hybridized carbons (Fsp3) is 0.133. The van der Waals surface area contributed by atoms with Gasteiger partial charge in [0.2, 0.25) is 0 Å². The normalized spacial score (nSPS) is 11.0. The van der Waals surface area contributed by atoms with E-state index in [1.54, 1.807) is 16.8 Å². The van der Waals surface area contributed by atoms with Crippen LogP contribution < -0.4 is 0 Å². The lowest BCUT2D eigenvalue weighted by molar-refractivity contribution is 0.0697. The molecule has 0 radical (unpaired) electrons. The van der Waals surface area contributed by atoms with E-state index < -0.39 is 5.97 Å². The van der Waals surface area contributed by atoms with Crippen molar-refractivity contribution < 1.29 is 9.90 Å². The Bertz CT molecular complexity index is 847. The maximum absolute atomic E-state index is 11.0. The van der Waals surface area contributed by atoms with Crippen molar-refractivity contribution in [1.82, 2.24) is 15.0 Å². The van der Waals surface area contributed by atoms with Crippen LogP contribution in [0.5, 0.6) is 0 Å². The van der Waals surface area contributed by atoms with Gasteiger partial charge in [0.15, 0.2) is 0 Å². The van der Waals surface area contributed by atoms with E-state index >= 15 is 0 Å². The van der Waals surface area contributed by atoms with E-state index in [4.69, 9.17) is 5.11 Å². The van der Waals surface area contributed by atoms with Crippen molar-refractivity contribution in [3.05, 3.63) is 51.5 Å². The predicted molar refractivity (Wildman–Crippen MR) is 83.0 cm³/mol. The molecule has 21 heavy (non-hydrogen) atoms. The number of aromatic carboxylic acids is 1. The summed E-state index contributed by atoms with van der Waals surface area (Å²) in [6, 6.07) is 8.83. The van der Waals surface area contributed by atoms with Gasteiger partial charge in [-0.1, -0.05) is 21.1 Å². The van der Waals surface area contributed by atoms with Crippen molar-refractivity contribution in [3.63, 3.8) is 0 Å². The van der Waals surface area contributed by atoms with Crippen LogP contribution >= 0.6 is 15.9 Å². The zero-order valence-corrected chi connectivity index (χ0v) is 13.0. The third-order valence-corrected chi connectivity index (χ3v) is 4.61. The van der Waals surface area contributed by atoms with Crippen LogP contribution in [0, 0.1) is 13.8 Å². The quantitative estimate of drug-likeness (QED) is 0.771. The Labute approximate surface area is 129 Å². The van der Waals surface area contributed by atoms with E-state index in [9.17, 15) is 4.79 Å². The number of fused-ring (bicyclic) bond motifs is 1. The minimum Gasteiger partial charge on any atom is -0.478 e. The molecule has 5 nitrogen and oxygen atoms in total. The smallest absolute Gasteiger partial charge is 0.335 e. The summed E-state index contributed by atoms with van der Waals surface area (Å²) in [5.41, 5.74) is 4.66. The molecule has 0 aliphatic carbocycles. The first-order valence-corrected chi connectivity index (χ1v) is 7.12. The highest BCUT2D eigenvalue weighted by Gasteiger charge is 2.11. The van der Waals surface area contributed by atoms with E-state index in [1.165, 1.54) is 6.07 Å². The summed E-state index contributed by atoms with van der Waals surface area (Å²) >= 11 is 3.54. The van der Waals surface area contributed by atoms with Gasteiger partial charge in [0.1, 0.15) is 5.52 Å². The minimum atomic E-state index is -0.971. The monoisotopic (exact) mass is 345 g/mol. The lowest BCUT2D eigenvalue weighted by Gasteiger charge is -2.08. The topological polar surface area (TPSA) is 68.0 Å². The van der Waals surface area contributed by atoms with Crippen LogP contribution in [-0.4, -0.2) is 26.1 Å². The number of carbonyl (C=O) groups is 1. The average Bonchev–Trinajstić information content (AvgIpc) is 2.87. The summed E-state index contributed by atoms with van der Waals surface area (Å²) in [7, 11) is 0. The number of benzene rings is 2. The average molecular weight is 346 g/mol. The molecule has 1 aromatic heterocycles. The first-order valence-electron chi connectivity index (χ1n) is 6.33. The van der Waals surface area contributed by atoms with Gasteiger partial charge in [-0.2, -0.15) is 0 Å².